The van der Waals surface area contributed by atoms with Crippen LogP contribution in [0.5, 0.6) is 5.75 Å². The number of nitrogens with one attached hydrogen (secondary N) is 2. The first-order valence-electron chi connectivity index (χ1n) is 7.71. The van der Waals surface area contributed by atoms with E-state index in [1.807, 2.05) is 0 Å². The summed E-state index contributed by atoms with van der Waals surface area (Å²) in [6.45, 7) is -0.230. The Hall–Kier alpha value is -3.46. The summed E-state index contributed by atoms with van der Waals surface area (Å²) in [5.41, 5.74) is 11.4. The molecule has 0 saturated carbocycles. The summed E-state index contributed by atoms with van der Waals surface area (Å²) < 4.78 is 9.64. The van der Waals surface area contributed by atoms with Crippen LogP contribution in [0.15, 0.2) is 48.5 Å². The van der Waals surface area contributed by atoms with Gasteiger partial charge in [-0.05, 0) is 36.4 Å². The van der Waals surface area contributed by atoms with E-state index in [4.69, 9.17) is 22.7 Å². The van der Waals surface area contributed by atoms with Gasteiger partial charge in [-0.15, -0.1) is 0 Å². The van der Waals surface area contributed by atoms with Crippen LogP contribution in [0.25, 0.3) is 0 Å². The second kappa shape index (κ2) is 9.30. The molecule has 0 heterocycles. The molecule has 0 atom stereocenters. The second-order valence-electron chi connectivity index (χ2n) is 5.24. The van der Waals surface area contributed by atoms with Crippen molar-refractivity contribution in [2.24, 2.45) is 5.73 Å². The summed E-state index contributed by atoms with van der Waals surface area (Å²) >= 11 is 4.84. The molecule has 0 aliphatic heterocycles. The number of amides is 2. The molecular formula is C18H17N3O5S. The van der Waals surface area contributed by atoms with Crippen molar-refractivity contribution in [3.63, 3.8) is 0 Å². The first-order valence-corrected chi connectivity index (χ1v) is 8.11. The Morgan fingerprint density at radius 2 is 1.33 bits per heavy atom. The third-order valence-corrected chi connectivity index (χ3v) is 3.66. The van der Waals surface area contributed by atoms with Gasteiger partial charge >= 0.3 is 5.97 Å². The SMILES string of the molecule is COC(=O)COc1ccc(C(=O)NNC(=O)c2ccc(C(N)=S)cc2)cc1. The number of ether oxygens (including phenoxy) is 2. The Labute approximate surface area is 160 Å². The largest absolute Gasteiger partial charge is 0.482 e. The maximum absolute atomic E-state index is 12.1. The predicted molar refractivity (Wildman–Crippen MR) is 101 cm³/mol. The van der Waals surface area contributed by atoms with Crippen molar-refractivity contribution >= 4 is 35.0 Å². The van der Waals surface area contributed by atoms with Crippen LogP contribution in [0.4, 0.5) is 0 Å². The molecule has 0 aliphatic carbocycles. The summed E-state index contributed by atoms with van der Waals surface area (Å²) in [6.07, 6.45) is 0. The Kier molecular flexibility index (Phi) is 6.84. The van der Waals surface area contributed by atoms with Gasteiger partial charge in [0.15, 0.2) is 6.61 Å². The van der Waals surface area contributed by atoms with Crippen molar-refractivity contribution in [1.82, 2.24) is 10.9 Å². The van der Waals surface area contributed by atoms with Crippen molar-refractivity contribution in [1.29, 1.82) is 0 Å². The lowest BCUT2D eigenvalue weighted by Gasteiger charge is -2.09. The highest BCUT2D eigenvalue weighted by Crippen LogP contribution is 2.12. The molecule has 0 radical (unpaired) electrons. The molecule has 8 nitrogen and oxygen atoms in total. The number of hydrogen-bond acceptors (Lipinski definition) is 6. The summed E-state index contributed by atoms with van der Waals surface area (Å²) in [5, 5.41) is 0. The highest BCUT2D eigenvalue weighted by atomic mass is 32.1. The van der Waals surface area contributed by atoms with Gasteiger partial charge in [0.05, 0.1) is 7.11 Å². The molecule has 4 N–H and O–H groups in total. The third-order valence-electron chi connectivity index (χ3n) is 3.42. The first kappa shape index (κ1) is 19.9. The van der Waals surface area contributed by atoms with Crippen molar-refractivity contribution < 1.29 is 23.9 Å². The molecule has 27 heavy (non-hydrogen) atoms. The van der Waals surface area contributed by atoms with Crippen LogP contribution < -0.4 is 21.3 Å². The zero-order chi connectivity index (χ0) is 19.8. The van der Waals surface area contributed by atoms with Crippen LogP contribution in [0.2, 0.25) is 0 Å². The van der Waals surface area contributed by atoms with Gasteiger partial charge in [0, 0.05) is 16.7 Å². The molecule has 2 amide bonds. The Bertz CT molecular complexity index is 850. The van der Waals surface area contributed by atoms with Gasteiger partial charge in [0.2, 0.25) is 0 Å². The van der Waals surface area contributed by atoms with Crippen LogP contribution in [0.3, 0.4) is 0 Å². The van der Waals surface area contributed by atoms with E-state index < -0.39 is 17.8 Å². The van der Waals surface area contributed by atoms with Crippen molar-refractivity contribution in [3.05, 3.63) is 65.2 Å². The molecule has 2 rings (SSSR count). The van der Waals surface area contributed by atoms with Gasteiger partial charge in [-0.25, -0.2) is 4.79 Å². The smallest absolute Gasteiger partial charge is 0.343 e. The normalized spacial score (nSPS) is 9.81. The molecule has 9 heteroatoms. The lowest BCUT2D eigenvalue weighted by atomic mass is 10.1. The van der Waals surface area contributed by atoms with Crippen molar-refractivity contribution in [2.45, 2.75) is 0 Å². The maximum atomic E-state index is 12.1. The molecule has 2 aromatic carbocycles. The van der Waals surface area contributed by atoms with Crippen molar-refractivity contribution in [2.75, 3.05) is 13.7 Å². The van der Waals surface area contributed by atoms with Gasteiger partial charge < -0.3 is 15.2 Å². The van der Waals surface area contributed by atoms with Crippen LogP contribution in [-0.2, 0) is 9.53 Å². The minimum absolute atomic E-state index is 0.230. The van der Waals surface area contributed by atoms with E-state index in [2.05, 4.69) is 15.6 Å². The van der Waals surface area contributed by atoms with Crippen LogP contribution in [0, 0.1) is 0 Å². The fraction of sp³-hybridized carbons (Fsp3) is 0.111. The maximum Gasteiger partial charge on any atom is 0.343 e. The lowest BCUT2D eigenvalue weighted by Crippen LogP contribution is -2.41. The van der Waals surface area contributed by atoms with E-state index in [0.29, 0.717) is 22.4 Å². The Morgan fingerprint density at radius 1 is 0.889 bits per heavy atom. The van der Waals surface area contributed by atoms with E-state index in [-0.39, 0.29) is 11.6 Å². The van der Waals surface area contributed by atoms with E-state index in [0.717, 1.165) is 0 Å². The zero-order valence-electron chi connectivity index (χ0n) is 14.4. The number of benzene rings is 2. The number of hydrogen-bond donors (Lipinski definition) is 3. The van der Waals surface area contributed by atoms with Gasteiger partial charge in [-0.2, -0.15) is 0 Å². The fourth-order valence-electron chi connectivity index (χ4n) is 1.95. The monoisotopic (exact) mass is 387 g/mol. The minimum atomic E-state index is -0.513. The number of hydrazine groups is 1. The van der Waals surface area contributed by atoms with E-state index in [1.54, 1.807) is 24.3 Å². The quantitative estimate of drug-likeness (QED) is 0.383. The summed E-state index contributed by atoms with van der Waals surface area (Å²) in [4.78, 5) is 35.4. The fourth-order valence-corrected chi connectivity index (χ4v) is 2.08. The van der Waals surface area contributed by atoms with E-state index in [1.165, 1.54) is 31.4 Å². The first-order chi connectivity index (χ1) is 12.9. The number of methoxy groups -OCH3 is 1. The van der Waals surface area contributed by atoms with E-state index >= 15 is 0 Å². The summed E-state index contributed by atoms with van der Waals surface area (Å²) in [7, 11) is 1.26. The Balaban J connectivity index is 1.88. The lowest BCUT2D eigenvalue weighted by molar-refractivity contribution is -0.142. The minimum Gasteiger partial charge on any atom is -0.482 e. The topological polar surface area (TPSA) is 120 Å². The van der Waals surface area contributed by atoms with Crippen molar-refractivity contribution in [3.8, 4) is 5.75 Å². The average Bonchev–Trinajstić information content (AvgIpc) is 2.70. The number of carbonyl (C=O) groups excluding carboxylic acids is 3. The molecule has 0 spiro atoms. The molecule has 0 bridgehead atoms. The van der Waals surface area contributed by atoms with Gasteiger partial charge in [0.1, 0.15) is 10.7 Å². The third kappa shape index (κ3) is 5.79. The summed E-state index contributed by atoms with van der Waals surface area (Å²) in [6, 6.07) is 12.4. The predicted octanol–water partition coefficient (Wildman–Crippen LogP) is 0.947. The van der Waals surface area contributed by atoms with E-state index in [9.17, 15) is 14.4 Å². The van der Waals surface area contributed by atoms with Crippen LogP contribution in [-0.4, -0.2) is 36.5 Å². The number of thiocarbonyl (C=S) groups is 1. The number of rotatable bonds is 6. The molecule has 2 aromatic rings. The number of esters is 1. The molecule has 0 saturated heterocycles. The van der Waals surface area contributed by atoms with Gasteiger partial charge in [-0.1, -0.05) is 24.4 Å². The highest BCUT2D eigenvalue weighted by molar-refractivity contribution is 7.80. The average molecular weight is 387 g/mol. The molecule has 0 unspecified atom stereocenters. The zero-order valence-corrected chi connectivity index (χ0v) is 15.2. The standard InChI is InChI=1S/C18H17N3O5S/c1-25-15(22)10-26-14-8-6-13(7-9-14)18(24)21-20-17(23)12-4-2-11(3-5-12)16(19)27/h2-9H,10H2,1H3,(H2,19,27)(H,20,23)(H,21,24). The van der Waals surface area contributed by atoms with Gasteiger partial charge in [-0.3, -0.25) is 20.4 Å². The molecule has 0 fully saturated rings. The number of carbonyl (C=O) groups is 3. The molecule has 0 aromatic heterocycles. The molecular weight excluding hydrogens is 370 g/mol. The second-order valence-corrected chi connectivity index (χ2v) is 5.68. The summed E-state index contributed by atoms with van der Waals surface area (Å²) in [5.74, 6) is -1.11. The van der Waals surface area contributed by atoms with Crippen LogP contribution in [0.1, 0.15) is 26.3 Å². The van der Waals surface area contributed by atoms with Gasteiger partial charge in [0.25, 0.3) is 11.8 Å². The highest BCUT2D eigenvalue weighted by Gasteiger charge is 2.10. The molecule has 140 valence electrons. The Morgan fingerprint density at radius 3 is 1.78 bits per heavy atom. The molecule has 0 aliphatic rings. The van der Waals surface area contributed by atoms with Crippen LogP contribution >= 0.6 is 12.2 Å². The number of nitrogens with two attached hydrogens (primary N) is 1.